The van der Waals surface area contributed by atoms with Crippen molar-refractivity contribution in [2.24, 2.45) is 4.99 Å². The van der Waals surface area contributed by atoms with Gasteiger partial charge in [-0.1, -0.05) is 33.3 Å². The molecule has 0 radical (unpaired) electrons. The summed E-state index contributed by atoms with van der Waals surface area (Å²) in [4.78, 5) is 34.1. The lowest BCUT2D eigenvalue weighted by Gasteiger charge is -2.04. The minimum absolute atomic E-state index is 0.0314. The molecule has 0 fully saturated rings. The van der Waals surface area contributed by atoms with E-state index in [0.717, 1.165) is 14.7 Å². The Morgan fingerprint density at radius 1 is 1.29 bits per heavy atom. The van der Waals surface area contributed by atoms with Crippen molar-refractivity contribution in [3.8, 4) is 0 Å². The minimum Gasteiger partial charge on any atom is -0.468 e. The Bertz CT molecular complexity index is 1300. The summed E-state index contributed by atoms with van der Waals surface area (Å²) in [6.45, 7) is 1.75. The topological polar surface area (TPSA) is 78.0 Å². The van der Waals surface area contributed by atoms with Crippen molar-refractivity contribution in [3.63, 3.8) is 0 Å². The summed E-state index contributed by atoms with van der Waals surface area (Å²) >= 11 is 4.78. The molecule has 1 amide bonds. The fourth-order valence-electron chi connectivity index (χ4n) is 2.99. The van der Waals surface area contributed by atoms with Crippen LogP contribution >= 0.6 is 27.3 Å². The Hall–Kier alpha value is -2.78. The Kier molecular flexibility index (Phi) is 4.86. The van der Waals surface area contributed by atoms with E-state index in [1.165, 1.54) is 18.4 Å². The van der Waals surface area contributed by atoms with E-state index in [1.807, 2.05) is 36.4 Å². The Labute approximate surface area is 172 Å². The number of halogens is 1. The minimum atomic E-state index is -0.416. The van der Waals surface area contributed by atoms with Gasteiger partial charge in [-0.25, -0.2) is 4.98 Å². The average molecular weight is 459 g/mol. The molecule has 0 saturated carbocycles. The van der Waals surface area contributed by atoms with Crippen molar-refractivity contribution in [1.82, 2.24) is 14.0 Å². The molecule has 4 aromatic rings. The molecule has 0 saturated heterocycles. The van der Waals surface area contributed by atoms with E-state index < -0.39 is 11.9 Å². The first-order chi connectivity index (χ1) is 13.5. The van der Waals surface area contributed by atoms with E-state index in [-0.39, 0.29) is 6.54 Å². The zero-order chi connectivity index (χ0) is 19.8. The van der Waals surface area contributed by atoms with E-state index >= 15 is 0 Å². The molecule has 7 nitrogen and oxygen atoms in total. The molecule has 3 aromatic heterocycles. The summed E-state index contributed by atoms with van der Waals surface area (Å²) in [6.07, 6.45) is 1.78. The van der Waals surface area contributed by atoms with Gasteiger partial charge in [0.05, 0.1) is 23.0 Å². The highest BCUT2D eigenvalue weighted by atomic mass is 79.9. The van der Waals surface area contributed by atoms with Gasteiger partial charge in [-0.05, 0) is 37.3 Å². The fraction of sp³-hybridized carbons (Fsp3) is 0.158. The molecule has 1 aromatic carbocycles. The maximum atomic E-state index is 13.0. The highest BCUT2D eigenvalue weighted by molar-refractivity contribution is 9.10. The maximum Gasteiger partial charge on any atom is 0.325 e. The number of ether oxygens (including phenoxy) is 1. The van der Waals surface area contributed by atoms with Crippen molar-refractivity contribution >= 4 is 55.0 Å². The summed E-state index contributed by atoms with van der Waals surface area (Å²) < 4.78 is 10.0. The SMILES string of the molecule is COC(=O)Cn1c(=NC(=O)c2c(C)nc3ccccn23)sc2cc(Br)ccc21. The van der Waals surface area contributed by atoms with Crippen LogP contribution in [0.2, 0.25) is 0 Å². The lowest BCUT2D eigenvalue weighted by atomic mass is 10.3. The summed E-state index contributed by atoms with van der Waals surface area (Å²) in [6, 6.07) is 11.2. The van der Waals surface area contributed by atoms with Gasteiger partial charge >= 0.3 is 5.97 Å². The number of methoxy groups -OCH3 is 1. The van der Waals surface area contributed by atoms with Crippen LogP contribution in [0.15, 0.2) is 52.1 Å². The van der Waals surface area contributed by atoms with Gasteiger partial charge in [0.15, 0.2) is 4.80 Å². The molecule has 0 aliphatic rings. The third-order valence-corrected chi connectivity index (χ3v) is 5.80. The van der Waals surface area contributed by atoms with Crippen molar-refractivity contribution < 1.29 is 14.3 Å². The fourth-order valence-corrected chi connectivity index (χ4v) is 4.57. The molecular formula is C19H15BrN4O3S. The zero-order valence-corrected chi connectivity index (χ0v) is 17.5. The van der Waals surface area contributed by atoms with E-state index in [0.29, 0.717) is 21.8 Å². The predicted molar refractivity (Wildman–Crippen MR) is 109 cm³/mol. The van der Waals surface area contributed by atoms with Crippen molar-refractivity contribution in [2.45, 2.75) is 13.5 Å². The number of benzene rings is 1. The van der Waals surface area contributed by atoms with Crippen LogP contribution in [0.5, 0.6) is 0 Å². The molecule has 0 bridgehead atoms. The van der Waals surface area contributed by atoms with Gasteiger partial charge in [0.25, 0.3) is 5.91 Å². The number of carbonyl (C=O) groups excluding carboxylic acids is 2. The number of nitrogens with zero attached hydrogens (tertiary/aromatic N) is 4. The molecule has 4 rings (SSSR count). The summed E-state index contributed by atoms with van der Waals surface area (Å²) in [7, 11) is 1.33. The molecule has 0 aliphatic heterocycles. The first kappa shape index (κ1) is 18.6. The molecule has 3 heterocycles. The van der Waals surface area contributed by atoms with Crippen LogP contribution in [0.4, 0.5) is 0 Å². The second-order valence-electron chi connectivity index (χ2n) is 6.05. The van der Waals surface area contributed by atoms with Gasteiger partial charge in [-0.15, -0.1) is 0 Å². The number of hydrogen-bond acceptors (Lipinski definition) is 5. The predicted octanol–water partition coefficient (Wildman–Crippen LogP) is 3.34. The number of pyridine rings is 1. The molecule has 28 heavy (non-hydrogen) atoms. The third-order valence-electron chi connectivity index (χ3n) is 4.26. The van der Waals surface area contributed by atoms with Crippen molar-refractivity contribution in [3.05, 3.63) is 63.3 Å². The summed E-state index contributed by atoms with van der Waals surface area (Å²) in [5.41, 5.74) is 2.49. The Balaban J connectivity index is 1.90. The van der Waals surface area contributed by atoms with Crippen LogP contribution in [-0.4, -0.2) is 32.9 Å². The van der Waals surface area contributed by atoms with Crippen LogP contribution in [0, 0.1) is 6.92 Å². The number of rotatable bonds is 3. The number of aryl methyl sites for hydroxylation is 1. The summed E-state index contributed by atoms with van der Waals surface area (Å²) in [5, 5.41) is 0. The number of aromatic nitrogens is 3. The van der Waals surface area contributed by atoms with Gasteiger partial charge in [0.2, 0.25) is 0 Å². The monoisotopic (exact) mass is 458 g/mol. The molecule has 142 valence electrons. The third kappa shape index (κ3) is 3.27. The normalized spacial score (nSPS) is 12.0. The summed E-state index contributed by atoms with van der Waals surface area (Å²) in [5.74, 6) is -0.831. The number of carbonyl (C=O) groups is 2. The Morgan fingerprint density at radius 2 is 2.11 bits per heavy atom. The van der Waals surface area contributed by atoms with Gasteiger partial charge < -0.3 is 9.30 Å². The number of thiazole rings is 1. The van der Waals surface area contributed by atoms with Crippen LogP contribution < -0.4 is 4.80 Å². The van der Waals surface area contributed by atoms with Crippen LogP contribution in [-0.2, 0) is 16.1 Å². The smallest absolute Gasteiger partial charge is 0.325 e. The molecule has 0 atom stereocenters. The van der Waals surface area contributed by atoms with Crippen LogP contribution in [0.3, 0.4) is 0 Å². The Morgan fingerprint density at radius 3 is 2.89 bits per heavy atom. The molecule has 0 aliphatic carbocycles. The zero-order valence-electron chi connectivity index (χ0n) is 15.0. The first-order valence-corrected chi connectivity index (χ1v) is 9.97. The first-order valence-electron chi connectivity index (χ1n) is 8.36. The molecular weight excluding hydrogens is 444 g/mol. The average Bonchev–Trinajstić information content (AvgIpc) is 3.17. The standard InChI is InChI=1S/C19H15BrN4O3S/c1-11-17(23-8-4-3-5-15(23)21-11)18(26)22-19-24(10-16(25)27-2)13-7-6-12(20)9-14(13)28-19/h3-9H,10H2,1-2H3. The maximum absolute atomic E-state index is 13.0. The van der Waals surface area contributed by atoms with Crippen molar-refractivity contribution in [1.29, 1.82) is 0 Å². The van der Waals surface area contributed by atoms with E-state index in [4.69, 9.17) is 4.74 Å². The molecule has 0 N–H and O–H groups in total. The number of amides is 1. The number of esters is 1. The van der Waals surface area contributed by atoms with Gasteiger partial charge in [-0.3, -0.25) is 14.0 Å². The molecule has 9 heteroatoms. The lowest BCUT2D eigenvalue weighted by molar-refractivity contribution is -0.141. The number of fused-ring (bicyclic) bond motifs is 2. The van der Waals surface area contributed by atoms with E-state index in [9.17, 15) is 9.59 Å². The van der Waals surface area contributed by atoms with Crippen LogP contribution in [0.25, 0.3) is 15.9 Å². The highest BCUT2D eigenvalue weighted by Crippen LogP contribution is 2.22. The largest absolute Gasteiger partial charge is 0.468 e. The second kappa shape index (κ2) is 7.33. The molecule has 0 spiro atoms. The quantitative estimate of drug-likeness (QED) is 0.441. The number of hydrogen-bond donors (Lipinski definition) is 0. The number of imidazole rings is 1. The van der Waals surface area contributed by atoms with Gasteiger partial charge in [0.1, 0.15) is 17.9 Å². The molecule has 0 unspecified atom stereocenters. The second-order valence-corrected chi connectivity index (χ2v) is 7.98. The lowest BCUT2D eigenvalue weighted by Crippen LogP contribution is -2.22. The van der Waals surface area contributed by atoms with Crippen LogP contribution in [0.1, 0.15) is 16.2 Å². The highest BCUT2D eigenvalue weighted by Gasteiger charge is 2.17. The van der Waals surface area contributed by atoms with Gasteiger partial charge in [0, 0.05) is 10.7 Å². The van der Waals surface area contributed by atoms with E-state index in [2.05, 4.69) is 25.9 Å². The van der Waals surface area contributed by atoms with Gasteiger partial charge in [-0.2, -0.15) is 4.99 Å². The van der Waals surface area contributed by atoms with E-state index in [1.54, 1.807) is 22.1 Å². The van der Waals surface area contributed by atoms with Crippen molar-refractivity contribution in [2.75, 3.05) is 7.11 Å².